The fraction of sp³-hybridized carbons (Fsp3) is 0.480. The van der Waals surface area contributed by atoms with Gasteiger partial charge in [0.05, 0.1) is 17.0 Å². The summed E-state index contributed by atoms with van der Waals surface area (Å²) in [7, 11) is -3.78. The summed E-state index contributed by atoms with van der Waals surface area (Å²) in [5.41, 5.74) is 0.457. The zero-order valence-corrected chi connectivity index (χ0v) is 20.3. The highest BCUT2D eigenvalue weighted by Gasteiger charge is 2.28. The number of carboxylic acid groups (broad SMARTS) is 1. The van der Waals surface area contributed by atoms with Gasteiger partial charge in [-0.1, -0.05) is 58.7 Å². The van der Waals surface area contributed by atoms with Crippen LogP contribution in [0.15, 0.2) is 47.4 Å². The molecule has 0 radical (unpaired) electrons. The molecule has 0 fully saturated rings. The summed E-state index contributed by atoms with van der Waals surface area (Å²) >= 11 is 0. The molecule has 0 aromatic heterocycles. The lowest BCUT2D eigenvalue weighted by Crippen LogP contribution is -2.27. The molecule has 0 saturated carbocycles. The molecule has 0 amide bonds. The van der Waals surface area contributed by atoms with Crippen LogP contribution in [0.3, 0.4) is 0 Å². The van der Waals surface area contributed by atoms with Crippen molar-refractivity contribution < 1.29 is 23.1 Å². The molecule has 0 unspecified atom stereocenters. The molecule has 0 aliphatic rings. The molecule has 0 aliphatic heterocycles. The van der Waals surface area contributed by atoms with Crippen LogP contribution in [0.25, 0.3) is 0 Å². The van der Waals surface area contributed by atoms with Gasteiger partial charge in [-0.3, -0.25) is 0 Å². The molecule has 0 aliphatic carbocycles. The number of anilines is 1. The third kappa shape index (κ3) is 6.99. The first kappa shape index (κ1) is 25.7. The molecular formula is C25H35NO5S. The largest absolute Gasteiger partial charge is 0.478 e. The molecule has 32 heavy (non-hydrogen) atoms. The van der Waals surface area contributed by atoms with Crippen LogP contribution in [-0.4, -0.2) is 38.3 Å². The second-order valence-electron chi connectivity index (χ2n) is 8.41. The van der Waals surface area contributed by atoms with E-state index >= 15 is 0 Å². The Bertz CT molecular complexity index is 979. The van der Waals surface area contributed by atoms with E-state index < -0.39 is 15.8 Å². The van der Waals surface area contributed by atoms with E-state index in [0.29, 0.717) is 24.5 Å². The van der Waals surface area contributed by atoms with Gasteiger partial charge in [0.25, 0.3) is 0 Å². The van der Waals surface area contributed by atoms with Gasteiger partial charge in [-0.25, -0.2) is 13.2 Å². The van der Waals surface area contributed by atoms with Crippen LogP contribution < -0.4 is 9.64 Å². The molecule has 176 valence electrons. The molecule has 2 aromatic rings. The Morgan fingerprint density at radius 2 is 1.62 bits per heavy atom. The highest BCUT2D eigenvalue weighted by molar-refractivity contribution is 7.91. The molecule has 0 spiro atoms. The first-order valence-corrected chi connectivity index (χ1v) is 13.0. The molecule has 2 rings (SSSR count). The number of nitrogens with zero attached hydrogens (tertiary/aromatic N) is 1. The van der Waals surface area contributed by atoms with E-state index in [1.165, 1.54) is 6.07 Å². The average Bonchev–Trinajstić information content (AvgIpc) is 2.73. The fourth-order valence-corrected chi connectivity index (χ4v) is 5.26. The molecule has 2 aromatic carbocycles. The van der Waals surface area contributed by atoms with E-state index in [0.717, 1.165) is 25.7 Å². The first-order chi connectivity index (χ1) is 15.2. The number of sulfone groups is 1. The van der Waals surface area contributed by atoms with Crippen LogP contribution in [-0.2, 0) is 9.84 Å². The molecular weight excluding hydrogens is 426 g/mol. The van der Waals surface area contributed by atoms with Gasteiger partial charge in [-0.05, 0) is 43.0 Å². The van der Waals surface area contributed by atoms with Crippen molar-refractivity contribution >= 4 is 21.5 Å². The van der Waals surface area contributed by atoms with E-state index in [1.54, 1.807) is 18.2 Å². The molecule has 0 heterocycles. The van der Waals surface area contributed by atoms with Crippen molar-refractivity contribution in [2.24, 2.45) is 5.92 Å². The van der Waals surface area contributed by atoms with Crippen molar-refractivity contribution in [2.45, 2.75) is 58.3 Å². The number of hydrogen-bond acceptors (Lipinski definition) is 5. The number of carbonyl (C=O) groups is 1. The number of hydrogen-bond donors (Lipinski definition) is 1. The Hall–Kier alpha value is -2.54. The smallest absolute Gasteiger partial charge is 0.335 e. The van der Waals surface area contributed by atoms with Gasteiger partial charge in [0.1, 0.15) is 10.6 Å². The minimum Gasteiger partial charge on any atom is -0.478 e. The summed E-state index contributed by atoms with van der Waals surface area (Å²) in [4.78, 5) is 13.9. The fourth-order valence-electron chi connectivity index (χ4n) is 3.47. The Balaban J connectivity index is 2.78. The van der Waals surface area contributed by atoms with Gasteiger partial charge in [0.2, 0.25) is 0 Å². The number of rotatable bonds is 13. The lowest BCUT2D eigenvalue weighted by atomic mass is 10.1. The second kappa shape index (κ2) is 11.9. The summed E-state index contributed by atoms with van der Waals surface area (Å²) in [5.74, 6) is -0.662. The molecule has 0 atom stereocenters. The number of aromatic carboxylic acids is 1. The number of carboxylic acids is 1. The second-order valence-corrected chi connectivity index (χ2v) is 10.4. The Kier molecular flexibility index (Phi) is 9.57. The van der Waals surface area contributed by atoms with Gasteiger partial charge >= 0.3 is 5.97 Å². The monoisotopic (exact) mass is 461 g/mol. The standard InChI is InChI=1S/C25H35NO5S/c1-5-7-14-26(15-8-6-2)22-16-20(25(27)28)17-23(32(29,30)18-19(3)4)24(22)31-21-12-10-9-11-13-21/h9-13,16-17,19H,5-8,14-15,18H2,1-4H3,(H,27,28). The number of para-hydroxylation sites is 1. The number of benzene rings is 2. The Morgan fingerprint density at radius 1 is 1.03 bits per heavy atom. The van der Waals surface area contributed by atoms with E-state index in [-0.39, 0.29) is 27.9 Å². The van der Waals surface area contributed by atoms with Crippen molar-refractivity contribution in [1.29, 1.82) is 0 Å². The minimum atomic E-state index is -3.78. The first-order valence-electron chi connectivity index (χ1n) is 11.3. The van der Waals surface area contributed by atoms with Crippen molar-refractivity contribution in [3.05, 3.63) is 48.0 Å². The summed E-state index contributed by atoms with van der Waals surface area (Å²) in [6.07, 6.45) is 3.74. The van der Waals surface area contributed by atoms with Gasteiger partial charge in [-0.15, -0.1) is 0 Å². The van der Waals surface area contributed by atoms with E-state index in [4.69, 9.17) is 4.74 Å². The maximum Gasteiger partial charge on any atom is 0.335 e. The summed E-state index contributed by atoms with van der Waals surface area (Å²) in [5, 5.41) is 9.74. The Morgan fingerprint density at radius 3 is 2.12 bits per heavy atom. The lowest BCUT2D eigenvalue weighted by Gasteiger charge is -2.28. The number of ether oxygens (including phenoxy) is 1. The highest BCUT2D eigenvalue weighted by atomic mass is 32.2. The SMILES string of the molecule is CCCCN(CCCC)c1cc(C(=O)O)cc(S(=O)(=O)CC(C)C)c1Oc1ccccc1. The maximum atomic E-state index is 13.3. The molecule has 6 nitrogen and oxygen atoms in total. The van der Waals surface area contributed by atoms with Crippen molar-refractivity contribution in [3.63, 3.8) is 0 Å². The van der Waals surface area contributed by atoms with Crippen LogP contribution >= 0.6 is 0 Å². The third-order valence-corrected chi connectivity index (χ3v) is 7.12. The number of unbranched alkanes of at least 4 members (excludes halogenated alkanes) is 2. The predicted octanol–water partition coefficient (Wildman–Crippen LogP) is 6.01. The van der Waals surface area contributed by atoms with Gasteiger partial charge < -0.3 is 14.7 Å². The van der Waals surface area contributed by atoms with Gasteiger partial charge in [0, 0.05) is 13.1 Å². The van der Waals surface area contributed by atoms with E-state index in [1.807, 2.05) is 32.0 Å². The van der Waals surface area contributed by atoms with E-state index in [2.05, 4.69) is 18.7 Å². The zero-order chi connectivity index (χ0) is 23.7. The summed E-state index contributed by atoms with van der Waals surface area (Å²) in [6, 6.07) is 11.8. The zero-order valence-electron chi connectivity index (χ0n) is 19.5. The highest BCUT2D eigenvalue weighted by Crippen LogP contribution is 2.41. The maximum absolute atomic E-state index is 13.3. The van der Waals surface area contributed by atoms with Crippen molar-refractivity contribution in [3.8, 4) is 11.5 Å². The topological polar surface area (TPSA) is 83.9 Å². The molecule has 1 N–H and O–H groups in total. The van der Waals surface area contributed by atoms with E-state index in [9.17, 15) is 18.3 Å². The average molecular weight is 462 g/mol. The summed E-state index contributed by atoms with van der Waals surface area (Å²) < 4.78 is 32.9. The van der Waals surface area contributed by atoms with Crippen LogP contribution in [0.1, 0.15) is 63.7 Å². The molecule has 7 heteroatoms. The predicted molar refractivity (Wildman–Crippen MR) is 129 cm³/mol. The minimum absolute atomic E-state index is 0.0549. The van der Waals surface area contributed by atoms with Crippen LogP contribution in [0, 0.1) is 5.92 Å². The summed E-state index contributed by atoms with van der Waals surface area (Å²) in [6.45, 7) is 9.21. The molecule has 0 saturated heterocycles. The Labute approximate surface area is 192 Å². The normalized spacial score (nSPS) is 11.5. The van der Waals surface area contributed by atoms with Gasteiger partial charge in [-0.2, -0.15) is 0 Å². The van der Waals surface area contributed by atoms with Crippen LogP contribution in [0.2, 0.25) is 0 Å². The van der Waals surface area contributed by atoms with Crippen LogP contribution in [0.5, 0.6) is 11.5 Å². The van der Waals surface area contributed by atoms with Crippen LogP contribution in [0.4, 0.5) is 5.69 Å². The van der Waals surface area contributed by atoms with Crippen molar-refractivity contribution in [1.82, 2.24) is 0 Å². The van der Waals surface area contributed by atoms with Crippen molar-refractivity contribution in [2.75, 3.05) is 23.7 Å². The third-order valence-electron chi connectivity index (χ3n) is 5.04. The van der Waals surface area contributed by atoms with Gasteiger partial charge in [0.15, 0.2) is 15.6 Å². The molecule has 0 bridgehead atoms. The lowest BCUT2D eigenvalue weighted by molar-refractivity contribution is 0.0696. The quantitative estimate of drug-likeness (QED) is 0.393.